The molecule has 0 radical (unpaired) electrons. The molecule has 1 rings (SSSR count). The molecule has 0 saturated heterocycles. The molecule has 0 saturated carbocycles. The molecule has 0 aliphatic rings. The van der Waals surface area contributed by atoms with Gasteiger partial charge in [-0.1, -0.05) is 0 Å². The van der Waals surface area contributed by atoms with Crippen LogP contribution < -0.4 is 11.1 Å². The Morgan fingerprint density at radius 1 is 1.56 bits per heavy atom. The summed E-state index contributed by atoms with van der Waals surface area (Å²) in [4.78, 5) is 11.5. The highest BCUT2D eigenvalue weighted by atomic mass is 32.2. The van der Waals surface area contributed by atoms with Crippen LogP contribution in [0.5, 0.6) is 0 Å². The molecule has 1 aromatic carbocycles. The number of benzene rings is 1. The van der Waals surface area contributed by atoms with Crippen LogP contribution in [0.3, 0.4) is 0 Å². The Morgan fingerprint density at radius 3 is 2.94 bits per heavy atom. The fourth-order valence-corrected chi connectivity index (χ4v) is 1.92. The van der Waals surface area contributed by atoms with E-state index in [2.05, 4.69) is 5.32 Å². The Bertz CT molecular complexity index is 417. The van der Waals surface area contributed by atoms with Gasteiger partial charge in [0.2, 0.25) is 5.91 Å². The Labute approximate surface area is 108 Å². The van der Waals surface area contributed by atoms with Crippen molar-refractivity contribution in [2.45, 2.75) is 6.10 Å². The fraction of sp³-hybridized carbons (Fsp3) is 0.364. The molecule has 7 heteroatoms. The van der Waals surface area contributed by atoms with Crippen LogP contribution in [0.15, 0.2) is 18.2 Å². The van der Waals surface area contributed by atoms with E-state index in [1.54, 1.807) is 0 Å². The highest BCUT2D eigenvalue weighted by molar-refractivity contribution is 8.00. The predicted octanol–water partition coefficient (Wildman–Crippen LogP) is 0.433. The zero-order valence-corrected chi connectivity index (χ0v) is 10.4. The number of rotatable bonds is 6. The number of carbonyl (C=O) groups is 1. The van der Waals surface area contributed by atoms with E-state index < -0.39 is 17.8 Å². The van der Waals surface area contributed by atoms with Gasteiger partial charge in [-0.05, 0) is 18.2 Å². The number of anilines is 2. The van der Waals surface area contributed by atoms with E-state index in [9.17, 15) is 9.18 Å². The summed E-state index contributed by atoms with van der Waals surface area (Å²) < 4.78 is 13.3. The van der Waals surface area contributed by atoms with Gasteiger partial charge in [0.15, 0.2) is 0 Å². The third-order valence-electron chi connectivity index (χ3n) is 2.02. The van der Waals surface area contributed by atoms with Gasteiger partial charge in [-0.15, -0.1) is 11.8 Å². The fourth-order valence-electron chi connectivity index (χ4n) is 1.17. The van der Waals surface area contributed by atoms with Gasteiger partial charge in [0.05, 0.1) is 24.2 Å². The Morgan fingerprint density at radius 2 is 2.28 bits per heavy atom. The number of nitrogens with two attached hydrogens (primary N) is 1. The van der Waals surface area contributed by atoms with Crippen molar-refractivity contribution in [2.24, 2.45) is 0 Å². The maximum atomic E-state index is 13.3. The lowest BCUT2D eigenvalue weighted by Crippen LogP contribution is -2.19. The molecule has 18 heavy (non-hydrogen) atoms. The smallest absolute Gasteiger partial charge is 0.234 e. The summed E-state index contributed by atoms with van der Waals surface area (Å²) in [5, 5.41) is 20.0. The number of aliphatic hydroxyl groups excluding tert-OH is 2. The molecule has 0 spiro atoms. The SMILES string of the molecule is Nc1ccc(F)c(NC(=O)CSCC(O)CO)c1. The number of hydrogen-bond acceptors (Lipinski definition) is 5. The maximum Gasteiger partial charge on any atom is 0.234 e. The number of amides is 1. The third kappa shape index (κ3) is 4.91. The van der Waals surface area contributed by atoms with Crippen LogP contribution in [-0.4, -0.2) is 40.3 Å². The van der Waals surface area contributed by atoms with Gasteiger partial charge >= 0.3 is 0 Å². The summed E-state index contributed by atoms with van der Waals surface area (Å²) in [6.07, 6.45) is -0.855. The van der Waals surface area contributed by atoms with Gasteiger partial charge in [0.25, 0.3) is 0 Å². The summed E-state index contributed by atoms with van der Waals surface area (Å²) in [5.41, 5.74) is 5.86. The van der Waals surface area contributed by atoms with E-state index in [0.717, 1.165) is 11.8 Å². The quantitative estimate of drug-likeness (QED) is 0.564. The number of thioether (sulfide) groups is 1. The van der Waals surface area contributed by atoms with Crippen LogP contribution in [0, 0.1) is 5.82 Å². The average Bonchev–Trinajstić information content (AvgIpc) is 2.33. The minimum Gasteiger partial charge on any atom is -0.399 e. The van der Waals surface area contributed by atoms with E-state index in [-0.39, 0.29) is 23.8 Å². The van der Waals surface area contributed by atoms with Crippen LogP contribution in [-0.2, 0) is 4.79 Å². The van der Waals surface area contributed by atoms with Crippen molar-refractivity contribution < 1.29 is 19.4 Å². The number of nitrogen functional groups attached to an aromatic ring is 1. The van der Waals surface area contributed by atoms with Crippen LogP contribution in [0.25, 0.3) is 0 Å². The van der Waals surface area contributed by atoms with Crippen molar-refractivity contribution in [3.63, 3.8) is 0 Å². The van der Waals surface area contributed by atoms with Crippen molar-refractivity contribution in [1.29, 1.82) is 0 Å². The summed E-state index contributed by atoms with van der Waals surface area (Å²) in [6, 6.07) is 3.91. The molecule has 0 bridgehead atoms. The summed E-state index contributed by atoms with van der Waals surface area (Å²) >= 11 is 1.15. The van der Waals surface area contributed by atoms with E-state index >= 15 is 0 Å². The van der Waals surface area contributed by atoms with Gasteiger partial charge in [-0.2, -0.15) is 0 Å². The molecule has 0 heterocycles. The lowest BCUT2D eigenvalue weighted by molar-refractivity contribution is -0.113. The second kappa shape index (κ2) is 7.20. The van der Waals surface area contributed by atoms with Crippen LogP contribution in [0.2, 0.25) is 0 Å². The first-order valence-corrected chi connectivity index (χ1v) is 6.40. The first-order chi connectivity index (χ1) is 8.52. The molecule has 1 amide bonds. The molecule has 0 fully saturated rings. The normalized spacial score (nSPS) is 12.2. The molecule has 1 aromatic rings. The molecular weight excluding hydrogens is 259 g/mol. The third-order valence-corrected chi connectivity index (χ3v) is 3.11. The summed E-state index contributed by atoms with van der Waals surface area (Å²) in [5.74, 6) is -0.651. The number of carbonyl (C=O) groups excluding carboxylic acids is 1. The lowest BCUT2D eigenvalue weighted by atomic mass is 10.2. The Kier molecular flexibility index (Phi) is 5.90. The van der Waals surface area contributed by atoms with Gasteiger partial charge < -0.3 is 21.3 Å². The van der Waals surface area contributed by atoms with E-state index in [1.165, 1.54) is 18.2 Å². The Balaban J connectivity index is 2.42. The average molecular weight is 274 g/mol. The zero-order chi connectivity index (χ0) is 13.5. The summed E-state index contributed by atoms with van der Waals surface area (Å²) in [6.45, 7) is -0.349. The molecule has 100 valence electrons. The van der Waals surface area contributed by atoms with Gasteiger partial charge in [0, 0.05) is 11.4 Å². The first kappa shape index (κ1) is 14.7. The second-order valence-corrected chi connectivity index (χ2v) is 4.67. The molecule has 0 aliphatic carbocycles. The zero-order valence-electron chi connectivity index (χ0n) is 9.60. The first-order valence-electron chi connectivity index (χ1n) is 5.24. The van der Waals surface area contributed by atoms with Crippen LogP contribution in [0.4, 0.5) is 15.8 Å². The van der Waals surface area contributed by atoms with E-state index in [1.807, 2.05) is 0 Å². The molecule has 5 N–H and O–H groups in total. The minimum atomic E-state index is -0.855. The highest BCUT2D eigenvalue weighted by Crippen LogP contribution is 2.17. The largest absolute Gasteiger partial charge is 0.399 e. The van der Waals surface area contributed by atoms with Gasteiger partial charge in [-0.25, -0.2) is 4.39 Å². The minimum absolute atomic E-state index is 0.0308. The molecular formula is C11H15FN2O3S. The lowest BCUT2D eigenvalue weighted by Gasteiger charge is -2.08. The monoisotopic (exact) mass is 274 g/mol. The number of hydrogen-bond donors (Lipinski definition) is 4. The standard InChI is InChI=1S/C11H15FN2O3S/c12-9-2-1-7(13)3-10(9)14-11(17)6-18-5-8(16)4-15/h1-3,8,15-16H,4-6,13H2,(H,14,17). The highest BCUT2D eigenvalue weighted by Gasteiger charge is 2.09. The van der Waals surface area contributed by atoms with Crippen LogP contribution >= 0.6 is 11.8 Å². The Hall–Kier alpha value is -1.31. The maximum absolute atomic E-state index is 13.3. The second-order valence-electron chi connectivity index (χ2n) is 3.64. The van der Waals surface area contributed by atoms with Crippen molar-refractivity contribution in [3.8, 4) is 0 Å². The number of halogens is 1. The topological polar surface area (TPSA) is 95.6 Å². The predicted molar refractivity (Wildman–Crippen MR) is 69.9 cm³/mol. The van der Waals surface area contributed by atoms with Crippen molar-refractivity contribution in [2.75, 3.05) is 29.2 Å². The molecule has 1 atom stereocenters. The number of nitrogens with one attached hydrogen (secondary N) is 1. The van der Waals surface area contributed by atoms with Crippen molar-refractivity contribution in [1.82, 2.24) is 0 Å². The molecule has 0 aliphatic heterocycles. The molecule has 0 aromatic heterocycles. The number of aliphatic hydroxyl groups is 2. The summed E-state index contributed by atoms with van der Waals surface area (Å²) in [7, 11) is 0. The molecule has 5 nitrogen and oxygen atoms in total. The van der Waals surface area contributed by atoms with Crippen molar-refractivity contribution >= 4 is 29.0 Å². The van der Waals surface area contributed by atoms with E-state index in [0.29, 0.717) is 5.69 Å². The molecule has 1 unspecified atom stereocenters. The van der Waals surface area contributed by atoms with Crippen LogP contribution in [0.1, 0.15) is 0 Å². The van der Waals surface area contributed by atoms with Crippen molar-refractivity contribution in [3.05, 3.63) is 24.0 Å². The van der Waals surface area contributed by atoms with Gasteiger partial charge in [-0.3, -0.25) is 4.79 Å². The van der Waals surface area contributed by atoms with Gasteiger partial charge in [0.1, 0.15) is 5.82 Å². The van der Waals surface area contributed by atoms with E-state index in [4.69, 9.17) is 15.9 Å².